The molecule has 0 aliphatic carbocycles. The zero-order chi connectivity index (χ0) is 13.1. The highest BCUT2D eigenvalue weighted by Gasteiger charge is 2.24. The van der Waals surface area contributed by atoms with E-state index in [4.69, 9.17) is 5.73 Å². The van der Waals surface area contributed by atoms with Gasteiger partial charge in [0.2, 0.25) is 5.91 Å². The molecule has 1 amide bonds. The van der Waals surface area contributed by atoms with E-state index in [-0.39, 0.29) is 11.9 Å². The van der Waals surface area contributed by atoms with Crippen LogP contribution in [0.2, 0.25) is 0 Å². The van der Waals surface area contributed by atoms with Crippen LogP contribution in [-0.4, -0.2) is 41.5 Å². The number of piperidine rings is 1. The minimum absolute atomic E-state index is 0.00824. The molecule has 2 unspecified atom stereocenters. The van der Waals surface area contributed by atoms with Crippen LogP contribution in [-0.2, 0) is 4.79 Å². The molecular formula is C12H20N4OS. The smallest absolute Gasteiger partial charge is 0.240 e. The summed E-state index contributed by atoms with van der Waals surface area (Å²) in [7, 11) is 0. The van der Waals surface area contributed by atoms with E-state index >= 15 is 0 Å². The molecular weight excluding hydrogens is 248 g/mol. The number of thiazole rings is 1. The number of carbonyl (C=O) groups is 1. The van der Waals surface area contributed by atoms with Gasteiger partial charge in [-0.2, -0.15) is 0 Å². The van der Waals surface area contributed by atoms with Crippen LogP contribution in [0.5, 0.6) is 0 Å². The molecule has 5 nitrogen and oxygen atoms in total. The Hall–Kier alpha value is -0.980. The maximum absolute atomic E-state index is 11.9. The summed E-state index contributed by atoms with van der Waals surface area (Å²) in [6.45, 7) is 6.22. The second-order valence-electron chi connectivity index (χ2n) is 5.01. The highest BCUT2D eigenvalue weighted by Crippen LogP contribution is 2.16. The van der Waals surface area contributed by atoms with Gasteiger partial charge in [-0.1, -0.05) is 6.92 Å². The fraction of sp³-hybridized carbons (Fsp3) is 0.667. The highest BCUT2D eigenvalue weighted by atomic mass is 32.1. The molecule has 0 saturated carbocycles. The molecule has 1 fully saturated rings. The Morgan fingerprint density at radius 2 is 2.50 bits per heavy atom. The van der Waals surface area contributed by atoms with E-state index in [0.717, 1.165) is 25.2 Å². The number of nitrogens with two attached hydrogens (primary N) is 1. The number of aromatic nitrogens is 1. The third-order valence-electron chi connectivity index (χ3n) is 3.33. The third kappa shape index (κ3) is 3.51. The lowest BCUT2D eigenvalue weighted by atomic mass is 9.94. The van der Waals surface area contributed by atoms with Gasteiger partial charge in [0, 0.05) is 18.0 Å². The zero-order valence-electron chi connectivity index (χ0n) is 10.8. The molecule has 2 atom stereocenters. The molecule has 0 bridgehead atoms. The molecule has 0 spiro atoms. The van der Waals surface area contributed by atoms with Crippen LogP contribution in [0.3, 0.4) is 0 Å². The lowest BCUT2D eigenvalue weighted by molar-refractivity contribution is -0.117. The molecule has 1 saturated heterocycles. The Morgan fingerprint density at radius 3 is 3.11 bits per heavy atom. The Morgan fingerprint density at radius 1 is 1.72 bits per heavy atom. The topological polar surface area (TPSA) is 71.2 Å². The number of likely N-dealkylation sites (tertiary alicyclic amines) is 1. The van der Waals surface area contributed by atoms with E-state index in [0.29, 0.717) is 17.6 Å². The molecule has 0 aromatic carbocycles. The monoisotopic (exact) mass is 268 g/mol. The first-order valence-corrected chi connectivity index (χ1v) is 7.12. The van der Waals surface area contributed by atoms with Gasteiger partial charge in [0.1, 0.15) is 0 Å². The van der Waals surface area contributed by atoms with Crippen LogP contribution in [0.15, 0.2) is 5.38 Å². The van der Waals surface area contributed by atoms with Crippen molar-refractivity contribution in [1.29, 1.82) is 0 Å². The molecule has 1 aromatic heterocycles. The fourth-order valence-electron chi connectivity index (χ4n) is 2.09. The fourth-order valence-corrected chi connectivity index (χ4v) is 2.79. The Labute approximate surface area is 111 Å². The van der Waals surface area contributed by atoms with Crippen molar-refractivity contribution >= 4 is 22.4 Å². The van der Waals surface area contributed by atoms with Gasteiger partial charge in [-0.3, -0.25) is 9.69 Å². The van der Waals surface area contributed by atoms with E-state index in [1.165, 1.54) is 11.3 Å². The van der Waals surface area contributed by atoms with Crippen molar-refractivity contribution in [3.63, 3.8) is 0 Å². The van der Waals surface area contributed by atoms with Gasteiger partial charge in [-0.15, -0.1) is 11.3 Å². The molecule has 18 heavy (non-hydrogen) atoms. The van der Waals surface area contributed by atoms with Crippen molar-refractivity contribution in [2.45, 2.75) is 26.3 Å². The number of anilines is 1. The van der Waals surface area contributed by atoms with Crippen LogP contribution in [0.25, 0.3) is 0 Å². The lowest BCUT2D eigenvalue weighted by Gasteiger charge is -2.34. The Kier molecular flexibility index (Phi) is 4.31. The summed E-state index contributed by atoms with van der Waals surface area (Å²) >= 11 is 1.45. The van der Waals surface area contributed by atoms with Crippen molar-refractivity contribution in [3.05, 3.63) is 11.1 Å². The second-order valence-corrected chi connectivity index (χ2v) is 5.87. The summed E-state index contributed by atoms with van der Waals surface area (Å²) in [4.78, 5) is 18.2. The summed E-state index contributed by atoms with van der Waals surface area (Å²) in [6, 6.07) is 0.175. The van der Waals surface area contributed by atoms with Gasteiger partial charge in [-0.05, 0) is 25.8 Å². The SMILES string of the molecule is Cc1csc(NC(=O)CN2CCC(C)C(N)C2)n1. The molecule has 1 aliphatic heterocycles. The number of amides is 1. The first-order chi connectivity index (χ1) is 8.54. The first kappa shape index (κ1) is 13.5. The van der Waals surface area contributed by atoms with Crippen molar-refractivity contribution in [3.8, 4) is 0 Å². The van der Waals surface area contributed by atoms with Crippen molar-refractivity contribution in [2.24, 2.45) is 11.7 Å². The number of nitrogens with one attached hydrogen (secondary N) is 1. The van der Waals surface area contributed by atoms with E-state index in [1.54, 1.807) is 0 Å². The summed E-state index contributed by atoms with van der Waals surface area (Å²) < 4.78 is 0. The van der Waals surface area contributed by atoms with Crippen LogP contribution < -0.4 is 11.1 Å². The maximum Gasteiger partial charge on any atom is 0.240 e. The molecule has 3 N–H and O–H groups in total. The van der Waals surface area contributed by atoms with Gasteiger partial charge in [-0.25, -0.2) is 4.98 Å². The number of rotatable bonds is 3. The minimum atomic E-state index is -0.00824. The third-order valence-corrected chi connectivity index (χ3v) is 4.21. The van der Waals surface area contributed by atoms with Crippen LogP contribution in [0, 0.1) is 12.8 Å². The Balaban J connectivity index is 1.81. The van der Waals surface area contributed by atoms with Crippen molar-refractivity contribution in [2.75, 3.05) is 25.0 Å². The highest BCUT2D eigenvalue weighted by molar-refractivity contribution is 7.13. The molecule has 2 rings (SSSR count). The molecule has 2 heterocycles. The predicted octanol–water partition coefficient (Wildman–Crippen LogP) is 1.06. The van der Waals surface area contributed by atoms with Crippen molar-refractivity contribution in [1.82, 2.24) is 9.88 Å². The largest absolute Gasteiger partial charge is 0.326 e. The quantitative estimate of drug-likeness (QED) is 0.860. The number of carbonyl (C=O) groups excluding carboxylic acids is 1. The number of hydrogen-bond donors (Lipinski definition) is 2. The predicted molar refractivity (Wildman–Crippen MR) is 73.7 cm³/mol. The second kappa shape index (κ2) is 5.77. The average Bonchev–Trinajstić information content (AvgIpc) is 2.69. The Bertz CT molecular complexity index is 420. The molecule has 6 heteroatoms. The number of aryl methyl sites for hydroxylation is 1. The number of hydrogen-bond acceptors (Lipinski definition) is 5. The molecule has 1 aliphatic rings. The normalized spacial score (nSPS) is 25.1. The van der Waals surface area contributed by atoms with E-state index in [2.05, 4.69) is 22.1 Å². The molecule has 1 aromatic rings. The summed E-state index contributed by atoms with van der Waals surface area (Å²) in [5.41, 5.74) is 6.95. The van der Waals surface area contributed by atoms with Crippen LogP contribution in [0.1, 0.15) is 19.0 Å². The standard InChI is InChI=1S/C12H20N4OS/c1-8-3-4-16(5-10(8)13)6-11(17)15-12-14-9(2)7-18-12/h7-8,10H,3-6,13H2,1-2H3,(H,14,15,17). The lowest BCUT2D eigenvalue weighted by Crippen LogP contribution is -2.49. The van der Waals surface area contributed by atoms with E-state index in [1.807, 2.05) is 12.3 Å². The summed E-state index contributed by atoms with van der Waals surface area (Å²) in [5, 5.41) is 5.42. The van der Waals surface area contributed by atoms with Gasteiger partial charge >= 0.3 is 0 Å². The van der Waals surface area contributed by atoms with E-state index < -0.39 is 0 Å². The van der Waals surface area contributed by atoms with Crippen LogP contribution in [0.4, 0.5) is 5.13 Å². The average molecular weight is 268 g/mol. The first-order valence-electron chi connectivity index (χ1n) is 6.24. The van der Waals surface area contributed by atoms with Gasteiger partial charge < -0.3 is 11.1 Å². The van der Waals surface area contributed by atoms with Crippen molar-refractivity contribution < 1.29 is 4.79 Å². The molecule has 100 valence electrons. The zero-order valence-corrected chi connectivity index (χ0v) is 11.7. The summed E-state index contributed by atoms with van der Waals surface area (Å²) in [6.07, 6.45) is 1.06. The maximum atomic E-state index is 11.9. The number of nitrogens with zero attached hydrogens (tertiary/aromatic N) is 2. The van der Waals surface area contributed by atoms with Gasteiger partial charge in [0.25, 0.3) is 0 Å². The summed E-state index contributed by atoms with van der Waals surface area (Å²) in [5.74, 6) is 0.539. The van der Waals surface area contributed by atoms with Gasteiger partial charge in [0.05, 0.1) is 12.2 Å². The minimum Gasteiger partial charge on any atom is -0.326 e. The van der Waals surface area contributed by atoms with E-state index in [9.17, 15) is 4.79 Å². The van der Waals surface area contributed by atoms with Gasteiger partial charge in [0.15, 0.2) is 5.13 Å². The van der Waals surface area contributed by atoms with Crippen LogP contribution >= 0.6 is 11.3 Å². The molecule has 0 radical (unpaired) electrons.